The smallest absolute Gasteiger partial charge is 0.241 e. The largest absolute Gasteiger partial charge is 0.274 e. The van der Waals surface area contributed by atoms with Gasteiger partial charge in [-0.3, -0.25) is 9.59 Å². The molecule has 0 aromatic heterocycles. The first-order valence-corrected chi connectivity index (χ1v) is 9.75. The Morgan fingerprint density at radius 1 is 0.714 bits per heavy atom. The minimum absolute atomic E-state index is 0.0716. The van der Waals surface area contributed by atoms with E-state index in [1.807, 2.05) is 61.5 Å². The first-order valence-electron chi connectivity index (χ1n) is 9.75. The van der Waals surface area contributed by atoms with Gasteiger partial charge >= 0.3 is 0 Å². The number of rotatable bonds is 1. The number of para-hydroxylation sites is 1. The third-order valence-corrected chi connectivity index (χ3v) is 7.03. The van der Waals surface area contributed by atoms with Gasteiger partial charge in [0.05, 0.1) is 17.0 Å². The van der Waals surface area contributed by atoms with Crippen LogP contribution in [0.4, 0.5) is 5.69 Å². The van der Waals surface area contributed by atoms with Crippen LogP contribution in [-0.2, 0) is 9.59 Å². The highest BCUT2D eigenvalue weighted by atomic mass is 16.2. The molecule has 136 valence electrons. The highest BCUT2D eigenvalue weighted by molar-refractivity contribution is 6.25. The Morgan fingerprint density at radius 2 is 1.21 bits per heavy atom. The van der Waals surface area contributed by atoms with E-state index in [-0.39, 0.29) is 29.6 Å². The van der Waals surface area contributed by atoms with E-state index in [1.54, 1.807) is 0 Å². The molecular formula is C25H19NO2. The predicted octanol–water partition coefficient (Wildman–Crippen LogP) is 4.47. The summed E-state index contributed by atoms with van der Waals surface area (Å²) in [7, 11) is 0. The van der Waals surface area contributed by atoms with Crippen molar-refractivity contribution in [3.05, 3.63) is 101 Å². The number of carbonyl (C=O) groups excluding carboxylic acids is 2. The van der Waals surface area contributed by atoms with Gasteiger partial charge in [0.15, 0.2) is 0 Å². The number of nitrogens with zero attached hydrogens (tertiary/aromatic N) is 1. The fraction of sp³-hybridized carbons (Fsp3) is 0.200. The summed E-state index contributed by atoms with van der Waals surface area (Å²) in [5.41, 5.74) is 4.69. The van der Waals surface area contributed by atoms with Gasteiger partial charge in [-0.2, -0.15) is 0 Å². The standard InChI is InChI=1S/C25H19NO2/c1-25-21-18-13-7-5-11-16(18)20(17-12-6-8-14-19(17)21)22(25)23(27)26(24(25)28)15-9-3-2-4-10-15/h2-14,20-22H,1H3/t20?,21?,22-,25+/m1/s1. The van der Waals surface area contributed by atoms with Crippen LogP contribution < -0.4 is 4.90 Å². The van der Waals surface area contributed by atoms with Crippen molar-refractivity contribution in [2.24, 2.45) is 11.3 Å². The van der Waals surface area contributed by atoms with Gasteiger partial charge in [0.1, 0.15) is 0 Å². The molecule has 0 radical (unpaired) electrons. The number of hydrogen-bond donors (Lipinski definition) is 0. The molecule has 7 rings (SSSR count). The zero-order valence-corrected chi connectivity index (χ0v) is 15.5. The van der Waals surface area contributed by atoms with Crippen molar-refractivity contribution in [2.75, 3.05) is 4.90 Å². The normalized spacial score (nSPS) is 29.5. The molecule has 0 spiro atoms. The third-order valence-electron chi connectivity index (χ3n) is 7.03. The molecular weight excluding hydrogens is 346 g/mol. The lowest BCUT2D eigenvalue weighted by Gasteiger charge is -2.51. The molecule has 2 bridgehead atoms. The van der Waals surface area contributed by atoms with Crippen LogP contribution in [0.25, 0.3) is 0 Å². The van der Waals surface area contributed by atoms with E-state index in [9.17, 15) is 9.59 Å². The third kappa shape index (κ3) is 1.66. The molecule has 0 saturated carbocycles. The van der Waals surface area contributed by atoms with E-state index in [2.05, 4.69) is 24.3 Å². The molecule has 1 saturated heterocycles. The van der Waals surface area contributed by atoms with Crippen LogP contribution >= 0.6 is 0 Å². The molecule has 2 atom stereocenters. The summed E-state index contributed by atoms with van der Waals surface area (Å²) < 4.78 is 0. The van der Waals surface area contributed by atoms with Crippen LogP contribution in [0.5, 0.6) is 0 Å². The zero-order chi connectivity index (χ0) is 19.0. The average Bonchev–Trinajstić information content (AvgIpc) is 2.95. The summed E-state index contributed by atoms with van der Waals surface area (Å²) >= 11 is 0. The number of anilines is 1. The van der Waals surface area contributed by atoms with E-state index in [1.165, 1.54) is 27.2 Å². The molecule has 3 aromatic rings. The number of benzene rings is 3. The number of amides is 2. The molecule has 1 heterocycles. The Morgan fingerprint density at radius 3 is 1.79 bits per heavy atom. The fourth-order valence-corrected chi connectivity index (χ4v) is 5.94. The minimum atomic E-state index is -0.764. The lowest BCUT2D eigenvalue weighted by molar-refractivity contribution is -0.128. The second kappa shape index (κ2) is 5.20. The Hall–Kier alpha value is -3.20. The van der Waals surface area contributed by atoms with Crippen molar-refractivity contribution in [1.82, 2.24) is 0 Å². The molecule has 3 nitrogen and oxygen atoms in total. The summed E-state index contributed by atoms with van der Waals surface area (Å²) in [6.07, 6.45) is 0. The predicted molar refractivity (Wildman–Crippen MR) is 107 cm³/mol. The lowest BCUT2D eigenvalue weighted by Crippen LogP contribution is -2.49. The van der Waals surface area contributed by atoms with Crippen molar-refractivity contribution in [2.45, 2.75) is 18.8 Å². The van der Waals surface area contributed by atoms with Crippen LogP contribution in [0.2, 0.25) is 0 Å². The van der Waals surface area contributed by atoms with Gasteiger partial charge in [-0.25, -0.2) is 4.90 Å². The van der Waals surface area contributed by atoms with E-state index >= 15 is 0 Å². The molecule has 2 amide bonds. The van der Waals surface area contributed by atoms with Gasteiger partial charge in [-0.15, -0.1) is 0 Å². The molecule has 4 aliphatic rings. The van der Waals surface area contributed by atoms with Gasteiger partial charge in [0.25, 0.3) is 0 Å². The summed E-state index contributed by atoms with van der Waals surface area (Å²) in [4.78, 5) is 28.9. The lowest BCUT2D eigenvalue weighted by atomic mass is 9.48. The Balaban J connectivity index is 1.64. The van der Waals surface area contributed by atoms with Crippen molar-refractivity contribution in [3.8, 4) is 0 Å². The monoisotopic (exact) mass is 365 g/mol. The van der Waals surface area contributed by atoms with Gasteiger partial charge in [0.2, 0.25) is 11.8 Å². The molecule has 3 aliphatic carbocycles. The summed E-state index contributed by atoms with van der Waals surface area (Å²) in [5, 5.41) is 0. The van der Waals surface area contributed by atoms with Crippen LogP contribution in [0.1, 0.15) is 41.0 Å². The quantitative estimate of drug-likeness (QED) is 0.597. The molecule has 0 N–H and O–H groups in total. The SMILES string of the molecule is C[C@@]12C(=O)N(c3ccccc3)C(=O)[C@H]1C1c3ccccc3C2c2ccccc21. The van der Waals surface area contributed by atoms with Crippen LogP contribution in [-0.4, -0.2) is 11.8 Å². The number of carbonyl (C=O) groups is 2. The van der Waals surface area contributed by atoms with Crippen molar-refractivity contribution < 1.29 is 9.59 Å². The maximum Gasteiger partial charge on any atom is 0.241 e. The van der Waals surface area contributed by atoms with Gasteiger partial charge < -0.3 is 0 Å². The van der Waals surface area contributed by atoms with Gasteiger partial charge in [0, 0.05) is 11.8 Å². The first kappa shape index (κ1) is 15.8. The van der Waals surface area contributed by atoms with Crippen LogP contribution in [0.3, 0.4) is 0 Å². The van der Waals surface area contributed by atoms with Crippen molar-refractivity contribution in [3.63, 3.8) is 0 Å². The Kier molecular flexibility index (Phi) is 2.94. The fourth-order valence-electron chi connectivity index (χ4n) is 5.94. The number of imide groups is 1. The van der Waals surface area contributed by atoms with E-state index in [0.29, 0.717) is 5.69 Å². The molecule has 3 heteroatoms. The van der Waals surface area contributed by atoms with Gasteiger partial charge in [-0.05, 0) is 41.3 Å². The summed E-state index contributed by atoms with van der Waals surface area (Å²) in [5.74, 6) is -0.687. The highest BCUT2D eigenvalue weighted by Gasteiger charge is 2.68. The summed E-state index contributed by atoms with van der Waals surface area (Å²) in [6.45, 7) is 2.00. The second-order valence-corrected chi connectivity index (χ2v) is 8.24. The highest BCUT2D eigenvalue weighted by Crippen LogP contribution is 2.67. The molecule has 0 unspecified atom stereocenters. The van der Waals surface area contributed by atoms with E-state index in [0.717, 1.165) is 0 Å². The molecule has 28 heavy (non-hydrogen) atoms. The zero-order valence-electron chi connectivity index (χ0n) is 15.5. The van der Waals surface area contributed by atoms with Crippen LogP contribution in [0, 0.1) is 11.3 Å². The summed E-state index contributed by atoms with van der Waals surface area (Å²) in [6, 6.07) is 26.0. The van der Waals surface area contributed by atoms with Gasteiger partial charge in [-0.1, -0.05) is 66.7 Å². The maximum atomic E-state index is 13.8. The topological polar surface area (TPSA) is 37.4 Å². The minimum Gasteiger partial charge on any atom is -0.274 e. The first-order chi connectivity index (χ1) is 13.6. The Labute approximate surface area is 163 Å². The number of hydrogen-bond acceptors (Lipinski definition) is 2. The van der Waals surface area contributed by atoms with E-state index in [4.69, 9.17) is 0 Å². The second-order valence-electron chi connectivity index (χ2n) is 8.24. The molecule has 1 fully saturated rings. The van der Waals surface area contributed by atoms with Crippen molar-refractivity contribution in [1.29, 1.82) is 0 Å². The molecule has 1 aliphatic heterocycles. The molecule has 3 aromatic carbocycles. The Bertz CT molecular complexity index is 1100. The average molecular weight is 365 g/mol. The maximum absolute atomic E-state index is 13.8. The van der Waals surface area contributed by atoms with Crippen LogP contribution in [0.15, 0.2) is 78.9 Å². The van der Waals surface area contributed by atoms with E-state index < -0.39 is 5.41 Å². The van der Waals surface area contributed by atoms with Crippen molar-refractivity contribution >= 4 is 17.5 Å².